The fraction of sp³-hybridized carbons (Fsp3) is 0.273. The lowest BCUT2D eigenvalue weighted by Gasteiger charge is -2.13. The van der Waals surface area contributed by atoms with Crippen LogP contribution in [0, 0.1) is 0 Å². The van der Waals surface area contributed by atoms with Crippen LogP contribution in [0.4, 0.5) is 0 Å². The maximum Gasteiger partial charge on any atom is 0.119 e. The first-order chi connectivity index (χ1) is 6.81. The Balaban J connectivity index is 2.85. The molecule has 3 heteroatoms. The topological polar surface area (TPSA) is 41.5 Å². The van der Waals surface area contributed by atoms with Gasteiger partial charge in [0.25, 0.3) is 0 Å². The van der Waals surface area contributed by atoms with Crippen molar-refractivity contribution >= 4 is 0 Å². The van der Waals surface area contributed by atoms with Crippen LogP contribution in [0.5, 0.6) is 5.75 Å². The molecule has 14 heavy (non-hydrogen) atoms. The van der Waals surface area contributed by atoms with Gasteiger partial charge in [-0.05, 0) is 24.1 Å². The Hall–Kier alpha value is -1.32. The van der Waals surface area contributed by atoms with Crippen LogP contribution < -0.4 is 10.2 Å². The highest BCUT2D eigenvalue weighted by molar-refractivity contribution is 5.30. The van der Waals surface area contributed by atoms with E-state index in [-0.39, 0.29) is 6.04 Å². The van der Waals surface area contributed by atoms with Gasteiger partial charge in [0.2, 0.25) is 0 Å². The Kier molecular flexibility index (Phi) is 4.16. The van der Waals surface area contributed by atoms with E-state index in [4.69, 9.17) is 9.94 Å². The average molecular weight is 193 g/mol. The molecule has 0 aliphatic heterocycles. The maximum absolute atomic E-state index is 8.94. The molecular formula is C11H15NO2. The van der Waals surface area contributed by atoms with Crippen LogP contribution in [0.25, 0.3) is 0 Å². The standard InChI is InChI=1S/C11H15NO2/c1-3-5-11(12-13)9-6-4-7-10(8-9)14-2/h3-4,6-8,11-13H,1,5H2,2H3. The summed E-state index contributed by atoms with van der Waals surface area (Å²) < 4.78 is 5.09. The third-order valence-corrected chi connectivity index (χ3v) is 2.05. The fourth-order valence-corrected chi connectivity index (χ4v) is 1.29. The van der Waals surface area contributed by atoms with Crippen molar-refractivity contribution in [2.75, 3.05) is 7.11 Å². The summed E-state index contributed by atoms with van der Waals surface area (Å²) in [5.74, 6) is 0.784. The van der Waals surface area contributed by atoms with Crippen molar-refractivity contribution in [3.8, 4) is 5.75 Å². The summed E-state index contributed by atoms with van der Waals surface area (Å²) in [6.45, 7) is 3.63. The number of hydrogen-bond acceptors (Lipinski definition) is 3. The quantitative estimate of drug-likeness (QED) is 0.557. The highest BCUT2D eigenvalue weighted by Gasteiger charge is 2.08. The van der Waals surface area contributed by atoms with Crippen LogP contribution in [0.15, 0.2) is 36.9 Å². The van der Waals surface area contributed by atoms with Crippen LogP contribution in [0.1, 0.15) is 18.0 Å². The first kappa shape index (κ1) is 10.8. The number of ether oxygens (including phenoxy) is 1. The lowest BCUT2D eigenvalue weighted by Crippen LogP contribution is -2.16. The minimum atomic E-state index is -0.123. The number of nitrogens with one attached hydrogen (secondary N) is 1. The van der Waals surface area contributed by atoms with Crippen molar-refractivity contribution < 1.29 is 9.94 Å². The van der Waals surface area contributed by atoms with E-state index < -0.39 is 0 Å². The molecule has 0 amide bonds. The number of hydrogen-bond donors (Lipinski definition) is 2. The molecule has 0 aromatic heterocycles. The molecule has 2 N–H and O–H groups in total. The molecule has 1 aromatic rings. The SMILES string of the molecule is C=CCC(NO)c1cccc(OC)c1. The third-order valence-electron chi connectivity index (χ3n) is 2.05. The predicted molar refractivity (Wildman–Crippen MR) is 55.5 cm³/mol. The van der Waals surface area contributed by atoms with Crippen molar-refractivity contribution in [1.29, 1.82) is 0 Å². The molecule has 0 radical (unpaired) electrons. The minimum absolute atomic E-state index is 0.123. The van der Waals surface area contributed by atoms with E-state index >= 15 is 0 Å². The third kappa shape index (κ3) is 2.58. The van der Waals surface area contributed by atoms with Crippen molar-refractivity contribution in [2.24, 2.45) is 0 Å². The molecule has 0 heterocycles. The molecule has 0 bridgehead atoms. The lowest BCUT2D eigenvalue weighted by atomic mass is 10.0. The Bertz CT molecular complexity index is 299. The summed E-state index contributed by atoms with van der Waals surface area (Å²) in [5.41, 5.74) is 3.22. The van der Waals surface area contributed by atoms with Gasteiger partial charge < -0.3 is 9.94 Å². The molecule has 0 saturated carbocycles. The molecule has 0 saturated heterocycles. The minimum Gasteiger partial charge on any atom is -0.497 e. The van der Waals surface area contributed by atoms with Gasteiger partial charge in [-0.15, -0.1) is 6.58 Å². The van der Waals surface area contributed by atoms with Gasteiger partial charge in [-0.1, -0.05) is 18.2 Å². The molecule has 0 spiro atoms. The Morgan fingerprint density at radius 1 is 1.64 bits per heavy atom. The van der Waals surface area contributed by atoms with Crippen LogP contribution in [0.2, 0.25) is 0 Å². The lowest BCUT2D eigenvalue weighted by molar-refractivity contribution is 0.127. The number of rotatable bonds is 5. The predicted octanol–water partition coefficient (Wildman–Crippen LogP) is 2.29. The summed E-state index contributed by atoms with van der Waals surface area (Å²) in [7, 11) is 1.62. The first-order valence-corrected chi connectivity index (χ1v) is 4.46. The van der Waals surface area contributed by atoms with Crippen molar-refractivity contribution in [3.05, 3.63) is 42.5 Å². The Labute approximate surface area is 84.0 Å². The molecule has 0 aliphatic rings. The molecule has 1 unspecified atom stereocenters. The average Bonchev–Trinajstić information content (AvgIpc) is 2.26. The molecule has 0 fully saturated rings. The second-order valence-corrected chi connectivity index (χ2v) is 2.98. The molecule has 1 aromatic carbocycles. The monoisotopic (exact) mass is 193 g/mol. The van der Waals surface area contributed by atoms with Gasteiger partial charge in [0.15, 0.2) is 0 Å². The van der Waals surface area contributed by atoms with E-state index in [1.807, 2.05) is 24.3 Å². The van der Waals surface area contributed by atoms with Crippen LogP contribution in [-0.4, -0.2) is 12.3 Å². The molecule has 76 valence electrons. The van der Waals surface area contributed by atoms with Gasteiger partial charge in [0.1, 0.15) is 5.75 Å². The van der Waals surface area contributed by atoms with Crippen molar-refractivity contribution in [3.63, 3.8) is 0 Å². The largest absolute Gasteiger partial charge is 0.497 e. The molecule has 1 atom stereocenters. The van der Waals surface area contributed by atoms with Crippen molar-refractivity contribution in [1.82, 2.24) is 5.48 Å². The zero-order chi connectivity index (χ0) is 10.4. The molecular weight excluding hydrogens is 178 g/mol. The van der Waals surface area contributed by atoms with E-state index in [1.54, 1.807) is 13.2 Å². The van der Waals surface area contributed by atoms with E-state index in [0.717, 1.165) is 11.3 Å². The Morgan fingerprint density at radius 2 is 2.43 bits per heavy atom. The smallest absolute Gasteiger partial charge is 0.119 e. The summed E-state index contributed by atoms with van der Waals surface area (Å²) in [5, 5.41) is 8.94. The highest BCUT2D eigenvalue weighted by atomic mass is 16.5. The van der Waals surface area contributed by atoms with Gasteiger partial charge in [-0.2, -0.15) is 5.48 Å². The van der Waals surface area contributed by atoms with Crippen LogP contribution in [0.3, 0.4) is 0 Å². The fourth-order valence-electron chi connectivity index (χ4n) is 1.29. The maximum atomic E-state index is 8.94. The van der Waals surface area contributed by atoms with E-state index in [0.29, 0.717) is 6.42 Å². The van der Waals surface area contributed by atoms with Gasteiger partial charge in [0, 0.05) is 0 Å². The van der Waals surface area contributed by atoms with Crippen LogP contribution >= 0.6 is 0 Å². The molecule has 3 nitrogen and oxygen atoms in total. The normalized spacial score (nSPS) is 12.1. The van der Waals surface area contributed by atoms with E-state index in [9.17, 15) is 0 Å². The molecule has 1 rings (SSSR count). The molecule has 0 aliphatic carbocycles. The van der Waals surface area contributed by atoms with Gasteiger partial charge in [0.05, 0.1) is 13.2 Å². The van der Waals surface area contributed by atoms with Crippen LogP contribution in [-0.2, 0) is 0 Å². The highest BCUT2D eigenvalue weighted by Crippen LogP contribution is 2.21. The van der Waals surface area contributed by atoms with Gasteiger partial charge >= 0.3 is 0 Å². The van der Waals surface area contributed by atoms with Crippen molar-refractivity contribution in [2.45, 2.75) is 12.5 Å². The number of methoxy groups -OCH3 is 1. The Morgan fingerprint density at radius 3 is 3.00 bits per heavy atom. The summed E-state index contributed by atoms with van der Waals surface area (Å²) in [6, 6.07) is 7.45. The second kappa shape index (κ2) is 5.42. The van der Waals surface area contributed by atoms with Gasteiger partial charge in [-0.25, -0.2) is 0 Å². The zero-order valence-corrected chi connectivity index (χ0v) is 8.23. The van der Waals surface area contributed by atoms with E-state index in [1.165, 1.54) is 0 Å². The summed E-state index contributed by atoms with van der Waals surface area (Å²) in [6.07, 6.45) is 2.43. The van der Waals surface area contributed by atoms with Gasteiger partial charge in [-0.3, -0.25) is 0 Å². The second-order valence-electron chi connectivity index (χ2n) is 2.98. The summed E-state index contributed by atoms with van der Waals surface area (Å²) >= 11 is 0. The van der Waals surface area contributed by atoms with E-state index in [2.05, 4.69) is 12.1 Å². The number of hydroxylamine groups is 1. The number of benzene rings is 1. The first-order valence-electron chi connectivity index (χ1n) is 4.46. The summed E-state index contributed by atoms with van der Waals surface area (Å²) in [4.78, 5) is 0. The zero-order valence-electron chi connectivity index (χ0n) is 8.23.